The second-order valence-electron chi connectivity index (χ2n) is 6.19. The van der Waals surface area contributed by atoms with Crippen LogP contribution in [0.15, 0.2) is 29.4 Å². The molecule has 1 atom stereocenters. The van der Waals surface area contributed by atoms with Gasteiger partial charge in [0.2, 0.25) is 5.95 Å². The molecule has 6 nitrogen and oxygen atoms in total. The summed E-state index contributed by atoms with van der Waals surface area (Å²) in [6.45, 7) is 6.12. The van der Waals surface area contributed by atoms with E-state index in [9.17, 15) is 4.79 Å². The maximum Gasteiger partial charge on any atom is 0.319 e. The molecule has 0 aliphatic carbocycles. The van der Waals surface area contributed by atoms with Crippen molar-refractivity contribution in [3.63, 3.8) is 0 Å². The Morgan fingerprint density at radius 2 is 2.04 bits per heavy atom. The third kappa shape index (κ3) is 4.15. The first-order valence-corrected chi connectivity index (χ1v) is 10.2. The Labute approximate surface area is 162 Å². The van der Waals surface area contributed by atoms with Gasteiger partial charge in [-0.2, -0.15) is 0 Å². The van der Waals surface area contributed by atoms with E-state index in [1.807, 2.05) is 42.7 Å². The fourth-order valence-electron chi connectivity index (χ4n) is 2.83. The zero-order chi connectivity index (χ0) is 18.5. The summed E-state index contributed by atoms with van der Waals surface area (Å²) < 4.78 is 7.19. The number of halogens is 1. The van der Waals surface area contributed by atoms with Gasteiger partial charge in [-0.25, -0.2) is 0 Å². The Balaban J connectivity index is 1.92. The van der Waals surface area contributed by atoms with E-state index in [0.717, 1.165) is 44.0 Å². The minimum Gasteiger partial charge on any atom is -0.465 e. The van der Waals surface area contributed by atoms with Gasteiger partial charge in [-0.3, -0.25) is 9.36 Å². The molecule has 1 aromatic carbocycles. The van der Waals surface area contributed by atoms with E-state index in [4.69, 9.17) is 16.3 Å². The molecule has 0 bridgehead atoms. The van der Waals surface area contributed by atoms with E-state index in [1.165, 1.54) is 11.8 Å². The summed E-state index contributed by atoms with van der Waals surface area (Å²) >= 11 is 7.78. The normalized spacial score (nSPS) is 15.3. The van der Waals surface area contributed by atoms with Crippen LogP contribution in [0.5, 0.6) is 0 Å². The summed E-state index contributed by atoms with van der Waals surface area (Å²) in [7, 11) is 0. The molecule has 1 aliphatic rings. The molecule has 1 fully saturated rings. The molecule has 8 heteroatoms. The number of thioether (sulfide) groups is 1. The van der Waals surface area contributed by atoms with Crippen molar-refractivity contribution in [2.45, 2.75) is 43.5 Å². The number of anilines is 1. The smallest absolute Gasteiger partial charge is 0.319 e. The molecule has 0 radical (unpaired) electrons. The number of nitrogens with zero attached hydrogens (tertiary/aromatic N) is 4. The summed E-state index contributed by atoms with van der Waals surface area (Å²) in [6, 6.07) is 7.61. The predicted molar refractivity (Wildman–Crippen MR) is 104 cm³/mol. The van der Waals surface area contributed by atoms with Crippen molar-refractivity contribution in [1.82, 2.24) is 14.8 Å². The number of rotatable bonds is 7. The van der Waals surface area contributed by atoms with Gasteiger partial charge >= 0.3 is 5.97 Å². The van der Waals surface area contributed by atoms with Gasteiger partial charge in [0.15, 0.2) is 5.16 Å². The second-order valence-corrected chi connectivity index (χ2v) is 7.91. The van der Waals surface area contributed by atoms with Gasteiger partial charge < -0.3 is 9.64 Å². The molecular formula is C18H23ClN4O2S. The Bertz CT molecular complexity index is 761. The molecule has 1 aromatic heterocycles. The van der Waals surface area contributed by atoms with E-state index in [2.05, 4.69) is 15.1 Å². The van der Waals surface area contributed by atoms with Crippen molar-refractivity contribution in [2.24, 2.45) is 0 Å². The number of hydrogen-bond acceptors (Lipinski definition) is 6. The highest BCUT2D eigenvalue weighted by Gasteiger charge is 2.26. The predicted octanol–water partition coefficient (Wildman–Crippen LogP) is 3.95. The summed E-state index contributed by atoms with van der Waals surface area (Å²) in [5.41, 5.74) is 0.817. The van der Waals surface area contributed by atoms with E-state index < -0.39 is 0 Å². The van der Waals surface area contributed by atoms with Gasteiger partial charge in [-0.15, -0.1) is 10.2 Å². The van der Waals surface area contributed by atoms with Crippen molar-refractivity contribution in [2.75, 3.05) is 24.6 Å². The average Bonchev–Trinajstić information content (AvgIpc) is 3.29. The van der Waals surface area contributed by atoms with Crippen LogP contribution in [0, 0.1) is 0 Å². The Morgan fingerprint density at radius 1 is 1.31 bits per heavy atom. The number of carbonyl (C=O) groups excluding carboxylic acids is 1. The van der Waals surface area contributed by atoms with Gasteiger partial charge in [0, 0.05) is 13.1 Å². The highest BCUT2D eigenvalue weighted by Crippen LogP contribution is 2.33. The molecule has 1 aliphatic heterocycles. The standard InChI is InChI=1S/C18H23ClN4O2S/c1-3-12-25-16(24)13(2)26-18-21-20-17(22-10-6-7-11-22)23(18)15-9-5-4-8-14(15)19/h4-5,8-9,13H,3,6-7,10-12H2,1-2H3. The van der Waals surface area contributed by atoms with Crippen LogP contribution in [0.1, 0.15) is 33.1 Å². The lowest BCUT2D eigenvalue weighted by Crippen LogP contribution is -2.22. The quantitative estimate of drug-likeness (QED) is 0.523. The molecule has 2 heterocycles. The van der Waals surface area contributed by atoms with Crippen LogP contribution in [0.2, 0.25) is 5.02 Å². The van der Waals surface area contributed by atoms with E-state index in [1.54, 1.807) is 0 Å². The van der Waals surface area contributed by atoms with Crippen LogP contribution in [-0.2, 0) is 9.53 Å². The van der Waals surface area contributed by atoms with Gasteiger partial charge in [-0.05, 0) is 38.3 Å². The number of carbonyl (C=O) groups is 1. The maximum atomic E-state index is 12.1. The zero-order valence-corrected chi connectivity index (χ0v) is 16.6. The summed E-state index contributed by atoms with van der Waals surface area (Å²) in [5.74, 6) is 0.528. The summed E-state index contributed by atoms with van der Waals surface area (Å²) in [4.78, 5) is 14.4. The lowest BCUT2D eigenvalue weighted by molar-refractivity contribution is -0.142. The third-order valence-electron chi connectivity index (χ3n) is 4.16. The fraction of sp³-hybridized carbons (Fsp3) is 0.500. The minimum absolute atomic E-state index is 0.242. The van der Waals surface area contributed by atoms with Crippen LogP contribution in [-0.4, -0.2) is 45.7 Å². The number of benzene rings is 1. The molecule has 0 saturated carbocycles. The number of aromatic nitrogens is 3. The second kappa shape index (κ2) is 8.77. The molecular weight excluding hydrogens is 372 g/mol. The van der Waals surface area contributed by atoms with Crippen molar-refractivity contribution < 1.29 is 9.53 Å². The number of hydrogen-bond donors (Lipinski definition) is 0. The molecule has 1 unspecified atom stereocenters. The third-order valence-corrected chi connectivity index (χ3v) is 5.50. The SMILES string of the molecule is CCCOC(=O)C(C)Sc1nnc(N2CCCC2)n1-c1ccccc1Cl. The molecule has 140 valence electrons. The van der Waals surface area contributed by atoms with Crippen LogP contribution >= 0.6 is 23.4 Å². The Kier molecular flexibility index (Phi) is 6.43. The summed E-state index contributed by atoms with van der Waals surface area (Å²) in [6.07, 6.45) is 3.08. The molecule has 26 heavy (non-hydrogen) atoms. The van der Waals surface area contributed by atoms with Crippen LogP contribution < -0.4 is 4.90 Å². The first kappa shape index (κ1) is 19.0. The lowest BCUT2D eigenvalue weighted by Gasteiger charge is -2.19. The molecule has 0 amide bonds. The first-order chi connectivity index (χ1) is 12.6. The summed E-state index contributed by atoms with van der Waals surface area (Å²) in [5, 5.41) is 9.63. The monoisotopic (exact) mass is 394 g/mol. The van der Waals surface area contributed by atoms with E-state index >= 15 is 0 Å². The van der Waals surface area contributed by atoms with Crippen LogP contribution in [0.3, 0.4) is 0 Å². The number of ether oxygens (including phenoxy) is 1. The number of esters is 1. The van der Waals surface area contributed by atoms with Crippen LogP contribution in [0.4, 0.5) is 5.95 Å². The molecule has 2 aromatic rings. The lowest BCUT2D eigenvalue weighted by atomic mass is 10.3. The van der Waals surface area contributed by atoms with Crippen molar-refractivity contribution in [1.29, 1.82) is 0 Å². The topological polar surface area (TPSA) is 60.2 Å². The molecule has 3 rings (SSSR count). The molecule has 0 N–H and O–H groups in total. The highest BCUT2D eigenvalue weighted by molar-refractivity contribution is 8.00. The highest BCUT2D eigenvalue weighted by atomic mass is 35.5. The Hall–Kier alpha value is -1.73. The maximum absolute atomic E-state index is 12.1. The van der Waals surface area contributed by atoms with Gasteiger partial charge in [0.1, 0.15) is 5.25 Å². The largest absolute Gasteiger partial charge is 0.465 e. The van der Waals surface area contributed by atoms with E-state index in [-0.39, 0.29) is 11.2 Å². The molecule has 1 saturated heterocycles. The number of para-hydroxylation sites is 1. The van der Waals surface area contributed by atoms with E-state index in [0.29, 0.717) is 16.8 Å². The molecule has 0 spiro atoms. The fourth-order valence-corrected chi connectivity index (χ4v) is 3.90. The van der Waals surface area contributed by atoms with Gasteiger partial charge in [0.05, 0.1) is 17.3 Å². The Morgan fingerprint density at radius 3 is 2.73 bits per heavy atom. The first-order valence-electron chi connectivity index (χ1n) is 8.90. The van der Waals surface area contributed by atoms with Crippen LogP contribution in [0.25, 0.3) is 5.69 Å². The zero-order valence-electron chi connectivity index (χ0n) is 15.0. The van der Waals surface area contributed by atoms with Gasteiger partial charge in [-0.1, -0.05) is 42.4 Å². The minimum atomic E-state index is -0.376. The van der Waals surface area contributed by atoms with Crippen molar-refractivity contribution in [3.8, 4) is 5.69 Å². The van der Waals surface area contributed by atoms with Gasteiger partial charge in [0.25, 0.3) is 0 Å². The van der Waals surface area contributed by atoms with Crippen molar-refractivity contribution in [3.05, 3.63) is 29.3 Å². The van der Waals surface area contributed by atoms with Crippen molar-refractivity contribution >= 4 is 35.3 Å². The average molecular weight is 395 g/mol.